The second-order valence-corrected chi connectivity index (χ2v) is 3.14. The molecular weight excluding hydrogens is 262 g/mol. The summed E-state index contributed by atoms with van der Waals surface area (Å²) in [6, 6.07) is 0.614. The van der Waals surface area contributed by atoms with Crippen molar-refractivity contribution in [2.45, 2.75) is 6.43 Å². The first kappa shape index (κ1) is 13.2. The van der Waals surface area contributed by atoms with E-state index < -0.39 is 39.4 Å². The lowest BCUT2D eigenvalue weighted by Crippen LogP contribution is -2.08. The van der Waals surface area contributed by atoms with Gasteiger partial charge < -0.3 is 4.74 Å². The molecule has 0 spiro atoms. The third kappa shape index (κ3) is 2.64. The number of aromatic nitrogens is 1. The van der Waals surface area contributed by atoms with Gasteiger partial charge in [-0.3, -0.25) is 10.1 Å². The van der Waals surface area contributed by atoms with Crippen molar-refractivity contribution in [3.05, 3.63) is 32.6 Å². The zero-order valence-corrected chi connectivity index (χ0v) is 9.07. The van der Waals surface area contributed by atoms with Crippen molar-refractivity contribution in [3.63, 3.8) is 0 Å². The number of hydrogen-bond acceptors (Lipinski definition) is 5. The molecule has 0 bridgehead atoms. The number of hydrogen-bond donors (Lipinski definition) is 0. The first-order chi connectivity index (χ1) is 7.88. The number of methoxy groups -OCH3 is 1. The van der Waals surface area contributed by atoms with E-state index in [2.05, 4.69) is 9.72 Å². The summed E-state index contributed by atoms with van der Waals surface area (Å²) in [5.41, 5.74) is -2.51. The van der Waals surface area contributed by atoms with Gasteiger partial charge in [0.25, 0.3) is 12.1 Å². The Kier molecular flexibility index (Phi) is 3.89. The zero-order valence-electron chi connectivity index (χ0n) is 8.32. The van der Waals surface area contributed by atoms with Crippen molar-refractivity contribution in [2.75, 3.05) is 7.11 Å². The Labute approximate surface area is 98.3 Å². The number of rotatable bonds is 3. The summed E-state index contributed by atoms with van der Waals surface area (Å²) in [5.74, 6) is -0.994. The van der Waals surface area contributed by atoms with Crippen LogP contribution >= 0.6 is 11.6 Å². The number of alkyl halides is 2. The van der Waals surface area contributed by atoms with Crippen LogP contribution in [0, 0.1) is 10.1 Å². The van der Waals surface area contributed by atoms with Gasteiger partial charge in [0.15, 0.2) is 5.69 Å². The first-order valence-corrected chi connectivity index (χ1v) is 4.47. The molecule has 0 N–H and O–H groups in total. The number of carbonyl (C=O) groups is 1. The van der Waals surface area contributed by atoms with Crippen LogP contribution in [0.15, 0.2) is 6.07 Å². The van der Waals surface area contributed by atoms with Crippen molar-refractivity contribution in [1.29, 1.82) is 0 Å². The highest BCUT2D eigenvalue weighted by Gasteiger charge is 2.28. The second-order valence-electron chi connectivity index (χ2n) is 2.78. The molecule has 92 valence electrons. The molecule has 9 heteroatoms. The lowest BCUT2D eigenvalue weighted by molar-refractivity contribution is -0.386. The maximum Gasteiger partial charge on any atom is 0.341 e. The van der Waals surface area contributed by atoms with E-state index in [9.17, 15) is 23.7 Å². The summed E-state index contributed by atoms with van der Waals surface area (Å²) in [4.78, 5) is 23.7. The number of pyridine rings is 1. The van der Waals surface area contributed by atoms with Gasteiger partial charge in [0.2, 0.25) is 0 Å². The van der Waals surface area contributed by atoms with E-state index in [1.165, 1.54) is 0 Å². The molecule has 0 aliphatic heterocycles. The monoisotopic (exact) mass is 266 g/mol. The van der Waals surface area contributed by atoms with Crippen molar-refractivity contribution < 1.29 is 23.2 Å². The fourth-order valence-corrected chi connectivity index (χ4v) is 1.28. The fraction of sp³-hybridized carbons (Fsp3) is 0.250. The summed E-state index contributed by atoms with van der Waals surface area (Å²) in [6.07, 6.45) is -3.17. The van der Waals surface area contributed by atoms with Crippen LogP contribution in [0.25, 0.3) is 0 Å². The molecule has 17 heavy (non-hydrogen) atoms. The highest BCUT2D eigenvalue weighted by molar-refractivity contribution is 6.32. The maximum atomic E-state index is 12.4. The van der Waals surface area contributed by atoms with E-state index in [0.717, 1.165) is 7.11 Å². The summed E-state index contributed by atoms with van der Waals surface area (Å²) < 4.78 is 29.2. The van der Waals surface area contributed by atoms with Gasteiger partial charge in [-0.1, -0.05) is 11.6 Å². The van der Waals surface area contributed by atoms with Crippen molar-refractivity contribution in [1.82, 2.24) is 4.98 Å². The van der Waals surface area contributed by atoms with Crippen LogP contribution in [0.1, 0.15) is 22.5 Å². The number of esters is 1. The Hall–Kier alpha value is -1.83. The molecule has 6 nitrogen and oxygen atoms in total. The van der Waals surface area contributed by atoms with Gasteiger partial charge in [0, 0.05) is 6.07 Å². The Bertz CT molecular complexity index is 481. The van der Waals surface area contributed by atoms with Crippen molar-refractivity contribution in [3.8, 4) is 0 Å². The number of carbonyl (C=O) groups excluding carboxylic acids is 1. The molecule has 0 amide bonds. The predicted octanol–water partition coefficient (Wildman–Crippen LogP) is 2.37. The summed E-state index contributed by atoms with van der Waals surface area (Å²) in [6.45, 7) is 0. The number of ether oxygens (including phenoxy) is 1. The summed E-state index contributed by atoms with van der Waals surface area (Å²) in [7, 11) is 1.02. The molecule has 0 aliphatic carbocycles. The highest BCUT2D eigenvalue weighted by Crippen LogP contribution is 2.30. The summed E-state index contributed by atoms with van der Waals surface area (Å²) in [5, 5.41) is 9.97. The van der Waals surface area contributed by atoms with Gasteiger partial charge >= 0.3 is 5.97 Å². The van der Waals surface area contributed by atoms with Gasteiger partial charge in [0.05, 0.1) is 12.0 Å². The average Bonchev–Trinajstić information content (AvgIpc) is 2.27. The normalized spacial score (nSPS) is 10.4. The fourth-order valence-electron chi connectivity index (χ4n) is 1.05. The van der Waals surface area contributed by atoms with Gasteiger partial charge in [-0.15, -0.1) is 0 Å². The minimum absolute atomic E-state index is 0.440. The minimum atomic E-state index is -3.17. The molecule has 1 heterocycles. The smallest absolute Gasteiger partial charge is 0.341 e. The van der Waals surface area contributed by atoms with Crippen LogP contribution in [-0.4, -0.2) is 23.0 Å². The van der Waals surface area contributed by atoms with Crippen LogP contribution in [0.5, 0.6) is 0 Å². The zero-order chi connectivity index (χ0) is 13.2. The lowest BCUT2D eigenvalue weighted by Gasteiger charge is -2.05. The molecule has 1 aromatic heterocycles. The average molecular weight is 267 g/mol. The Morgan fingerprint density at radius 2 is 2.24 bits per heavy atom. The maximum absolute atomic E-state index is 12.4. The van der Waals surface area contributed by atoms with Crippen LogP contribution < -0.4 is 0 Å². The topological polar surface area (TPSA) is 82.3 Å². The number of nitrogens with zero attached hydrogens (tertiary/aromatic N) is 2. The quantitative estimate of drug-likeness (QED) is 0.363. The molecule has 0 atom stereocenters. The van der Waals surface area contributed by atoms with E-state index in [1.807, 2.05) is 0 Å². The molecule has 1 aromatic rings. The Morgan fingerprint density at radius 3 is 2.65 bits per heavy atom. The third-order valence-electron chi connectivity index (χ3n) is 1.79. The second kappa shape index (κ2) is 5.00. The van der Waals surface area contributed by atoms with Crippen LogP contribution in [0.4, 0.5) is 14.5 Å². The van der Waals surface area contributed by atoms with Gasteiger partial charge in [0.1, 0.15) is 10.7 Å². The van der Waals surface area contributed by atoms with Crippen LogP contribution in [0.3, 0.4) is 0 Å². The first-order valence-electron chi connectivity index (χ1n) is 4.09. The predicted molar refractivity (Wildman–Crippen MR) is 52.2 cm³/mol. The molecule has 0 aliphatic rings. The third-order valence-corrected chi connectivity index (χ3v) is 2.08. The van der Waals surface area contributed by atoms with Gasteiger partial charge in [-0.25, -0.2) is 18.6 Å². The SMILES string of the molecule is COC(=O)c1cc([N+](=O)[O-])c(C(F)F)nc1Cl. The Balaban J connectivity index is 3.45. The van der Waals surface area contributed by atoms with Crippen molar-refractivity contribution >= 4 is 23.3 Å². The molecule has 0 aromatic carbocycles. The largest absolute Gasteiger partial charge is 0.465 e. The van der Waals surface area contributed by atoms with E-state index in [0.29, 0.717) is 6.07 Å². The van der Waals surface area contributed by atoms with E-state index in [4.69, 9.17) is 11.6 Å². The van der Waals surface area contributed by atoms with E-state index >= 15 is 0 Å². The molecule has 0 radical (unpaired) electrons. The standard InChI is InChI=1S/C8H5ClF2N2O4/c1-17-8(14)3-2-4(13(15)16)5(7(10)11)12-6(3)9/h2,7H,1H3. The lowest BCUT2D eigenvalue weighted by atomic mass is 10.2. The molecule has 0 saturated carbocycles. The highest BCUT2D eigenvalue weighted by atomic mass is 35.5. The Morgan fingerprint density at radius 1 is 1.65 bits per heavy atom. The van der Waals surface area contributed by atoms with Crippen LogP contribution in [0.2, 0.25) is 5.15 Å². The van der Waals surface area contributed by atoms with Gasteiger partial charge in [-0.05, 0) is 0 Å². The molecule has 0 fully saturated rings. The molecular formula is C8H5ClF2N2O4. The van der Waals surface area contributed by atoms with E-state index in [1.54, 1.807) is 0 Å². The number of halogens is 3. The molecule has 0 unspecified atom stereocenters. The van der Waals surface area contributed by atoms with Gasteiger partial charge in [-0.2, -0.15) is 0 Å². The summed E-state index contributed by atoms with van der Waals surface area (Å²) >= 11 is 5.46. The minimum Gasteiger partial charge on any atom is -0.465 e. The van der Waals surface area contributed by atoms with Crippen LogP contribution in [-0.2, 0) is 4.74 Å². The van der Waals surface area contributed by atoms with E-state index in [-0.39, 0.29) is 0 Å². The molecule has 0 saturated heterocycles. The van der Waals surface area contributed by atoms with Crippen molar-refractivity contribution in [2.24, 2.45) is 0 Å². The number of nitro groups is 1. The molecule has 1 rings (SSSR count).